The Morgan fingerprint density at radius 3 is 2.81 bits per heavy atom. The summed E-state index contributed by atoms with van der Waals surface area (Å²) in [6, 6.07) is 0. The van der Waals surface area contributed by atoms with Crippen LogP contribution in [0.2, 0.25) is 0 Å². The monoisotopic (exact) mass is 224 g/mol. The van der Waals surface area contributed by atoms with E-state index in [1.54, 1.807) is 11.1 Å². The molecule has 0 fully saturated rings. The van der Waals surface area contributed by atoms with Crippen LogP contribution in [0.25, 0.3) is 0 Å². The maximum absolute atomic E-state index is 12.1. The molecule has 1 rings (SSSR count). The molecule has 0 spiro atoms. The van der Waals surface area contributed by atoms with Gasteiger partial charge in [-0.1, -0.05) is 13.3 Å². The average molecular weight is 224 g/mol. The van der Waals surface area contributed by atoms with E-state index >= 15 is 0 Å². The van der Waals surface area contributed by atoms with Crippen molar-refractivity contribution in [3.63, 3.8) is 0 Å². The van der Waals surface area contributed by atoms with Gasteiger partial charge in [0.05, 0.1) is 11.8 Å². The van der Waals surface area contributed by atoms with Crippen molar-refractivity contribution < 1.29 is 4.79 Å². The molecular weight excluding hydrogens is 204 g/mol. The zero-order valence-corrected chi connectivity index (χ0v) is 9.99. The quantitative estimate of drug-likeness (QED) is 0.754. The molecule has 5 heteroatoms. The molecule has 0 radical (unpaired) electrons. The molecule has 0 aromatic carbocycles. The lowest BCUT2D eigenvalue weighted by atomic mass is 10.2. The van der Waals surface area contributed by atoms with Crippen LogP contribution in [0.4, 0.5) is 0 Å². The second kappa shape index (κ2) is 6.27. The SMILES string of the molecule is CCCCN(CCN)C(=O)c1cn[nH]c1C. The summed E-state index contributed by atoms with van der Waals surface area (Å²) in [5, 5.41) is 6.64. The van der Waals surface area contributed by atoms with E-state index in [2.05, 4.69) is 17.1 Å². The number of rotatable bonds is 6. The molecule has 1 aromatic rings. The number of aromatic amines is 1. The van der Waals surface area contributed by atoms with E-state index in [0.717, 1.165) is 25.1 Å². The predicted octanol–water partition coefficient (Wildman–Crippen LogP) is 0.919. The summed E-state index contributed by atoms with van der Waals surface area (Å²) in [5.41, 5.74) is 6.96. The third-order valence-corrected chi connectivity index (χ3v) is 2.53. The molecule has 0 bridgehead atoms. The molecule has 0 saturated carbocycles. The van der Waals surface area contributed by atoms with Crippen LogP contribution in [0.5, 0.6) is 0 Å². The normalized spacial score (nSPS) is 10.4. The second-order valence-electron chi connectivity index (χ2n) is 3.84. The molecule has 5 nitrogen and oxygen atoms in total. The molecule has 0 saturated heterocycles. The topological polar surface area (TPSA) is 75.0 Å². The highest BCUT2D eigenvalue weighted by Gasteiger charge is 2.17. The Morgan fingerprint density at radius 2 is 2.31 bits per heavy atom. The lowest BCUT2D eigenvalue weighted by molar-refractivity contribution is 0.0757. The number of amides is 1. The van der Waals surface area contributed by atoms with Crippen molar-refractivity contribution in [1.29, 1.82) is 0 Å². The maximum Gasteiger partial charge on any atom is 0.257 e. The summed E-state index contributed by atoms with van der Waals surface area (Å²) in [6.45, 7) is 5.81. The van der Waals surface area contributed by atoms with Gasteiger partial charge in [-0.2, -0.15) is 5.10 Å². The summed E-state index contributed by atoms with van der Waals surface area (Å²) in [7, 11) is 0. The molecule has 0 aliphatic carbocycles. The van der Waals surface area contributed by atoms with Crippen molar-refractivity contribution in [2.24, 2.45) is 5.73 Å². The van der Waals surface area contributed by atoms with Crippen molar-refractivity contribution in [3.05, 3.63) is 17.5 Å². The number of carbonyl (C=O) groups excluding carboxylic acids is 1. The lowest BCUT2D eigenvalue weighted by Crippen LogP contribution is -2.36. The number of carbonyl (C=O) groups is 1. The molecule has 0 aliphatic heterocycles. The van der Waals surface area contributed by atoms with Gasteiger partial charge in [-0.3, -0.25) is 9.89 Å². The zero-order chi connectivity index (χ0) is 12.0. The number of nitrogens with one attached hydrogen (secondary N) is 1. The van der Waals surface area contributed by atoms with Gasteiger partial charge in [0.2, 0.25) is 0 Å². The highest BCUT2D eigenvalue weighted by molar-refractivity contribution is 5.95. The Bertz CT molecular complexity index is 334. The van der Waals surface area contributed by atoms with Gasteiger partial charge in [-0.15, -0.1) is 0 Å². The average Bonchev–Trinajstić information content (AvgIpc) is 2.69. The Hall–Kier alpha value is -1.36. The van der Waals surface area contributed by atoms with Crippen molar-refractivity contribution in [2.45, 2.75) is 26.7 Å². The third kappa shape index (κ3) is 3.06. The maximum atomic E-state index is 12.1. The van der Waals surface area contributed by atoms with Crippen LogP contribution < -0.4 is 5.73 Å². The van der Waals surface area contributed by atoms with Crippen molar-refractivity contribution in [3.8, 4) is 0 Å². The number of hydrogen-bond donors (Lipinski definition) is 2. The standard InChI is InChI=1S/C11H20N4O/c1-3-4-6-15(7-5-12)11(16)10-8-13-14-9(10)2/h8H,3-7,12H2,1-2H3,(H,13,14). The lowest BCUT2D eigenvalue weighted by Gasteiger charge is -2.21. The van der Waals surface area contributed by atoms with Crippen LogP contribution in [0.3, 0.4) is 0 Å². The van der Waals surface area contributed by atoms with Gasteiger partial charge in [-0.25, -0.2) is 0 Å². The van der Waals surface area contributed by atoms with Gasteiger partial charge in [0.1, 0.15) is 0 Å². The zero-order valence-electron chi connectivity index (χ0n) is 9.99. The minimum Gasteiger partial charge on any atom is -0.337 e. The van der Waals surface area contributed by atoms with Crippen LogP contribution in [-0.4, -0.2) is 40.6 Å². The van der Waals surface area contributed by atoms with E-state index in [-0.39, 0.29) is 5.91 Å². The third-order valence-electron chi connectivity index (χ3n) is 2.53. The van der Waals surface area contributed by atoms with Gasteiger partial charge in [-0.05, 0) is 13.3 Å². The number of unbranched alkanes of at least 4 members (excludes halogenated alkanes) is 1. The Labute approximate surface area is 96.0 Å². The number of hydrogen-bond acceptors (Lipinski definition) is 3. The van der Waals surface area contributed by atoms with Gasteiger partial charge in [0.25, 0.3) is 5.91 Å². The minimum atomic E-state index is 0.0187. The van der Waals surface area contributed by atoms with E-state index in [9.17, 15) is 4.79 Å². The number of aryl methyl sites for hydroxylation is 1. The molecule has 1 aromatic heterocycles. The predicted molar refractivity (Wildman–Crippen MR) is 63.2 cm³/mol. The summed E-state index contributed by atoms with van der Waals surface area (Å²) < 4.78 is 0. The largest absolute Gasteiger partial charge is 0.337 e. The van der Waals surface area contributed by atoms with Crippen molar-refractivity contribution >= 4 is 5.91 Å². The Balaban J connectivity index is 2.70. The first-order valence-corrected chi connectivity index (χ1v) is 5.70. The molecule has 0 atom stereocenters. The highest BCUT2D eigenvalue weighted by Crippen LogP contribution is 2.08. The minimum absolute atomic E-state index is 0.0187. The fraction of sp³-hybridized carbons (Fsp3) is 0.636. The van der Waals surface area contributed by atoms with Gasteiger partial charge in [0.15, 0.2) is 0 Å². The first-order valence-electron chi connectivity index (χ1n) is 5.70. The van der Waals surface area contributed by atoms with Crippen LogP contribution in [-0.2, 0) is 0 Å². The summed E-state index contributed by atoms with van der Waals surface area (Å²) in [5.74, 6) is 0.0187. The fourth-order valence-electron chi connectivity index (χ4n) is 1.56. The molecule has 3 N–H and O–H groups in total. The van der Waals surface area contributed by atoms with Crippen LogP contribution in [0, 0.1) is 6.92 Å². The number of aromatic nitrogens is 2. The molecule has 90 valence electrons. The van der Waals surface area contributed by atoms with E-state index < -0.39 is 0 Å². The summed E-state index contributed by atoms with van der Waals surface area (Å²) in [6.07, 6.45) is 3.65. The first kappa shape index (κ1) is 12.7. The van der Waals surface area contributed by atoms with E-state index in [0.29, 0.717) is 18.7 Å². The number of nitrogens with two attached hydrogens (primary N) is 1. The number of H-pyrrole nitrogens is 1. The second-order valence-corrected chi connectivity index (χ2v) is 3.84. The van der Waals surface area contributed by atoms with Crippen LogP contribution in [0.1, 0.15) is 35.8 Å². The van der Waals surface area contributed by atoms with E-state index in [4.69, 9.17) is 5.73 Å². The van der Waals surface area contributed by atoms with Gasteiger partial charge < -0.3 is 10.6 Å². The van der Waals surface area contributed by atoms with Crippen molar-refractivity contribution in [1.82, 2.24) is 15.1 Å². The molecular formula is C11H20N4O. The van der Waals surface area contributed by atoms with E-state index in [1.165, 1.54) is 0 Å². The van der Waals surface area contributed by atoms with Gasteiger partial charge in [0, 0.05) is 25.3 Å². The molecule has 16 heavy (non-hydrogen) atoms. The molecule has 0 unspecified atom stereocenters. The highest BCUT2D eigenvalue weighted by atomic mass is 16.2. The summed E-state index contributed by atoms with van der Waals surface area (Å²) >= 11 is 0. The molecule has 1 amide bonds. The smallest absolute Gasteiger partial charge is 0.257 e. The molecule has 1 heterocycles. The Morgan fingerprint density at radius 1 is 1.56 bits per heavy atom. The van der Waals surface area contributed by atoms with Crippen LogP contribution >= 0.6 is 0 Å². The van der Waals surface area contributed by atoms with Crippen molar-refractivity contribution in [2.75, 3.05) is 19.6 Å². The van der Waals surface area contributed by atoms with Gasteiger partial charge >= 0.3 is 0 Å². The number of nitrogens with zero attached hydrogens (tertiary/aromatic N) is 2. The van der Waals surface area contributed by atoms with E-state index in [1.807, 2.05) is 6.92 Å². The Kier molecular flexibility index (Phi) is 4.98. The summed E-state index contributed by atoms with van der Waals surface area (Å²) in [4.78, 5) is 13.9. The fourth-order valence-corrected chi connectivity index (χ4v) is 1.56. The molecule has 0 aliphatic rings. The first-order chi connectivity index (χ1) is 7.70. The van der Waals surface area contributed by atoms with Crippen LogP contribution in [0.15, 0.2) is 6.20 Å².